The Morgan fingerprint density at radius 1 is 1.42 bits per heavy atom. The van der Waals surface area contributed by atoms with Crippen LogP contribution in [0.25, 0.3) is 0 Å². The van der Waals surface area contributed by atoms with E-state index in [2.05, 4.69) is 5.32 Å². The van der Waals surface area contributed by atoms with E-state index < -0.39 is 5.60 Å². The van der Waals surface area contributed by atoms with Crippen molar-refractivity contribution >= 4 is 5.91 Å². The van der Waals surface area contributed by atoms with E-state index in [-0.39, 0.29) is 12.7 Å². The third kappa shape index (κ3) is 2.81. The number of amides is 1. The van der Waals surface area contributed by atoms with Crippen molar-refractivity contribution in [2.75, 3.05) is 13.9 Å². The Hall–Kier alpha value is -1.75. The fourth-order valence-corrected chi connectivity index (χ4v) is 1.82. The summed E-state index contributed by atoms with van der Waals surface area (Å²) in [6, 6.07) is 5.63. The minimum Gasteiger partial charge on any atom is -0.454 e. The highest BCUT2D eigenvalue weighted by Crippen LogP contribution is 2.32. The predicted molar refractivity (Wildman–Crippen MR) is 70.1 cm³/mol. The van der Waals surface area contributed by atoms with Gasteiger partial charge >= 0.3 is 0 Å². The standard InChI is InChI=1S/C14H19NO4/c1-4-14(2,17-3)13(16)15-8-10-5-6-11-12(7-10)19-9-18-11/h5-7H,4,8-9H2,1-3H3,(H,15,16). The van der Waals surface area contributed by atoms with Crippen molar-refractivity contribution in [1.29, 1.82) is 0 Å². The second-order valence-electron chi connectivity index (χ2n) is 4.66. The molecule has 1 aromatic carbocycles. The van der Waals surface area contributed by atoms with E-state index in [4.69, 9.17) is 14.2 Å². The van der Waals surface area contributed by atoms with Crippen LogP contribution in [0.15, 0.2) is 18.2 Å². The molecule has 1 atom stereocenters. The number of carbonyl (C=O) groups excluding carboxylic acids is 1. The minimum atomic E-state index is -0.781. The van der Waals surface area contributed by atoms with Crippen LogP contribution in [0, 0.1) is 0 Å². The van der Waals surface area contributed by atoms with Gasteiger partial charge in [0.25, 0.3) is 5.91 Å². The molecule has 0 saturated carbocycles. The summed E-state index contributed by atoms with van der Waals surface area (Å²) in [6.45, 7) is 4.39. The fourth-order valence-electron chi connectivity index (χ4n) is 1.82. The number of carbonyl (C=O) groups is 1. The molecule has 1 aromatic rings. The molecule has 104 valence electrons. The van der Waals surface area contributed by atoms with Crippen molar-refractivity contribution in [2.45, 2.75) is 32.4 Å². The van der Waals surface area contributed by atoms with Crippen LogP contribution in [0.5, 0.6) is 11.5 Å². The Labute approximate surface area is 112 Å². The van der Waals surface area contributed by atoms with Crippen LogP contribution in [-0.2, 0) is 16.1 Å². The predicted octanol–water partition coefficient (Wildman–Crippen LogP) is 1.85. The number of methoxy groups -OCH3 is 1. The second kappa shape index (κ2) is 5.48. The molecule has 1 heterocycles. The monoisotopic (exact) mass is 265 g/mol. The topological polar surface area (TPSA) is 56.8 Å². The van der Waals surface area contributed by atoms with Crippen LogP contribution in [0.2, 0.25) is 0 Å². The Morgan fingerprint density at radius 3 is 2.84 bits per heavy atom. The first kappa shape index (κ1) is 13.7. The summed E-state index contributed by atoms with van der Waals surface area (Å²) in [5, 5.41) is 2.87. The van der Waals surface area contributed by atoms with Gasteiger partial charge in [0.2, 0.25) is 6.79 Å². The average molecular weight is 265 g/mol. The Balaban J connectivity index is 1.97. The molecule has 2 rings (SSSR count). The van der Waals surface area contributed by atoms with Crippen LogP contribution in [0.3, 0.4) is 0 Å². The number of benzene rings is 1. The van der Waals surface area contributed by atoms with Crippen LogP contribution in [0.1, 0.15) is 25.8 Å². The van der Waals surface area contributed by atoms with Gasteiger partial charge in [0.1, 0.15) is 5.60 Å². The van der Waals surface area contributed by atoms with Crippen molar-refractivity contribution in [3.05, 3.63) is 23.8 Å². The maximum absolute atomic E-state index is 12.0. The maximum Gasteiger partial charge on any atom is 0.252 e. The Bertz CT molecular complexity index is 469. The lowest BCUT2D eigenvalue weighted by molar-refractivity contribution is -0.142. The van der Waals surface area contributed by atoms with Gasteiger partial charge < -0.3 is 19.5 Å². The molecule has 0 aromatic heterocycles. The second-order valence-corrected chi connectivity index (χ2v) is 4.66. The third-order valence-electron chi connectivity index (χ3n) is 3.50. The maximum atomic E-state index is 12.0. The number of hydrogen-bond donors (Lipinski definition) is 1. The summed E-state index contributed by atoms with van der Waals surface area (Å²) in [5.74, 6) is 1.34. The van der Waals surface area contributed by atoms with Crippen molar-refractivity contribution in [2.24, 2.45) is 0 Å². The molecular weight excluding hydrogens is 246 g/mol. The Morgan fingerprint density at radius 2 is 2.16 bits per heavy atom. The van der Waals surface area contributed by atoms with Crippen LogP contribution in [-0.4, -0.2) is 25.4 Å². The first-order chi connectivity index (χ1) is 9.09. The lowest BCUT2D eigenvalue weighted by Crippen LogP contribution is -2.45. The molecule has 1 unspecified atom stereocenters. The van der Waals surface area contributed by atoms with E-state index in [9.17, 15) is 4.79 Å². The molecule has 1 aliphatic rings. The summed E-state index contributed by atoms with van der Waals surface area (Å²) < 4.78 is 15.8. The zero-order valence-electron chi connectivity index (χ0n) is 11.5. The van der Waals surface area contributed by atoms with E-state index in [0.29, 0.717) is 13.0 Å². The van der Waals surface area contributed by atoms with E-state index in [1.807, 2.05) is 25.1 Å². The molecule has 0 spiro atoms. The molecule has 19 heavy (non-hydrogen) atoms. The highest BCUT2D eigenvalue weighted by molar-refractivity contribution is 5.84. The van der Waals surface area contributed by atoms with Crippen molar-refractivity contribution in [1.82, 2.24) is 5.32 Å². The molecular formula is C14H19NO4. The smallest absolute Gasteiger partial charge is 0.252 e. The first-order valence-electron chi connectivity index (χ1n) is 6.31. The lowest BCUT2D eigenvalue weighted by atomic mass is 10.0. The van der Waals surface area contributed by atoms with Gasteiger partial charge in [0, 0.05) is 13.7 Å². The minimum absolute atomic E-state index is 0.116. The van der Waals surface area contributed by atoms with Crippen molar-refractivity contribution in [3.8, 4) is 11.5 Å². The molecule has 5 heteroatoms. The summed E-state index contributed by atoms with van der Waals surface area (Å²) in [5.41, 5.74) is 0.184. The molecule has 1 N–H and O–H groups in total. The van der Waals surface area contributed by atoms with Gasteiger partial charge in [-0.25, -0.2) is 0 Å². The SMILES string of the molecule is CCC(C)(OC)C(=O)NCc1ccc2c(c1)OCO2. The first-order valence-corrected chi connectivity index (χ1v) is 6.31. The zero-order valence-corrected chi connectivity index (χ0v) is 11.5. The molecule has 5 nitrogen and oxygen atoms in total. The molecule has 0 bridgehead atoms. The van der Waals surface area contributed by atoms with E-state index in [0.717, 1.165) is 17.1 Å². The van der Waals surface area contributed by atoms with Crippen molar-refractivity contribution in [3.63, 3.8) is 0 Å². The van der Waals surface area contributed by atoms with E-state index in [1.165, 1.54) is 0 Å². The number of fused-ring (bicyclic) bond motifs is 1. The average Bonchev–Trinajstić information content (AvgIpc) is 2.91. The number of rotatable bonds is 5. The van der Waals surface area contributed by atoms with Crippen LogP contribution < -0.4 is 14.8 Å². The van der Waals surface area contributed by atoms with Gasteiger partial charge in [-0.05, 0) is 31.0 Å². The van der Waals surface area contributed by atoms with Crippen molar-refractivity contribution < 1.29 is 19.0 Å². The Kier molecular flexibility index (Phi) is 3.95. The van der Waals surface area contributed by atoms with Gasteiger partial charge in [-0.1, -0.05) is 13.0 Å². The number of nitrogens with one attached hydrogen (secondary N) is 1. The van der Waals surface area contributed by atoms with Crippen LogP contribution >= 0.6 is 0 Å². The van der Waals surface area contributed by atoms with Gasteiger partial charge in [-0.15, -0.1) is 0 Å². The summed E-state index contributed by atoms with van der Waals surface area (Å²) in [4.78, 5) is 12.0. The van der Waals surface area contributed by atoms with Gasteiger partial charge in [-0.3, -0.25) is 4.79 Å². The van der Waals surface area contributed by atoms with Gasteiger partial charge in [0.05, 0.1) is 0 Å². The molecule has 1 amide bonds. The summed E-state index contributed by atoms with van der Waals surface area (Å²) in [7, 11) is 1.55. The molecule has 0 radical (unpaired) electrons. The number of hydrogen-bond acceptors (Lipinski definition) is 4. The quantitative estimate of drug-likeness (QED) is 0.882. The fraction of sp³-hybridized carbons (Fsp3) is 0.500. The normalized spacial score (nSPS) is 15.9. The highest BCUT2D eigenvalue weighted by Gasteiger charge is 2.30. The number of ether oxygens (including phenoxy) is 3. The third-order valence-corrected chi connectivity index (χ3v) is 3.50. The molecule has 0 aliphatic carbocycles. The molecule has 0 fully saturated rings. The van der Waals surface area contributed by atoms with Gasteiger partial charge in [-0.2, -0.15) is 0 Å². The molecule has 0 saturated heterocycles. The molecule has 1 aliphatic heterocycles. The summed E-state index contributed by atoms with van der Waals surface area (Å²) >= 11 is 0. The van der Waals surface area contributed by atoms with E-state index in [1.54, 1.807) is 14.0 Å². The summed E-state index contributed by atoms with van der Waals surface area (Å²) in [6.07, 6.45) is 0.622. The van der Waals surface area contributed by atoms with Crippen LogP contribution in [0.4, 0.5) is 0 Å². The van der Waals surface area contributed by atoms with Gasteiger partial charge in [0.15, 0.2) is 11.5 Å². The van der Waals surface area contributed by atoms with E-state index >= 15 is 0 Å². The largest absolute Gasteiger partial charge is 0.454 e. The lowest BCUT2D eigenvalue weighted by Gasteiger charge is -2.25. The zero-order chi connectivity index (χ0) is 13.9. The highest BCUT2D eigenvalue weighted by atomic mass is 16.7.